The van der Waals surface area contributed by atoms with Gasteiger partial charge in [0, 0.05) is 5.69 Å². The normalized spacial score (nSPS) is 10.9. The molecule has 0 saturated carbocycles. The van der Waals surface area contributed by atoms with E-state index < -0.39 is 18.6 Å². The minimum absolute atomic E-state index is 0. The molecule has 0 atom stereocenters. The summed E-state index contributed by atoms with van der Waals surface area (Å²) in [6.45, 7) is 0. The second-order valence-electron chi connectivity index (χ2n) is 2.27. The molecule has 1 rings (SSSR count). The molecule has 1 aromatic carbocycles. The first kappa shape index (κ1) is 13.9. The van der Waals surface area contributed by atoms with Crippen LogP contribution in [0.1, 0.15) is 0 Å². The van der Waals surface area contributed by atoms with Crippen LogP contribution in [0.2, 0.25) is 0 Å². The summed E-state index contributed by atoms with van der Waals surface area (Å²) >= 11 is 0. The van der Waals surface area contributed by atoms with Gasteiger partial charge in [-0.2, -0.15) is 0 Å². The minimum atomic E-state index is -4.20. The van der Waals surface area contributed by atoms with Gasteiger partial charge in [0.1, 0.15) is 0 Å². The quantitative estimate of drug-likeness (QED) is 0.299. The van der Waals surface area contributed by atoms with Crippen LogP contribution in [0.4, 0.5) is 5.69 Å². The predicted molar refractivity (Wildman–Crippen MR) is 55.5 cm³/mol. The molecular formula is C6H8NNaO4S2. The second kappa shape index (κ2) is 5.13. The van der Waals surface area contributed by atoms with Crippen molar-refractivity contribution in [3.8, 4) is 0 Å². The van der Waals surface area contributed by atoms with Crippen molar-refractivity contribution in [3.05, 3.63) is 24.3 Å². The molecule has 0 heterocycles. The molecule has 8 heteroatoms. The third kappa shape index (κ3) is 2.96. The van der Waals surface area contributed by atoms with E-state index in [9.17, 15) is 16.8 Å². The number of thiol groups is 1. The van der Waals surface area contributed by atoms with E-state index in [0.29, 0.717) is 5.69 Å². The topological polar surface area (TPSA) is 94.3 Å². The number of anilines is 1. The average molecular weight is 245 g/mol. The Morgan fingerprint density at radius 1 is 1.07 bits per heavy atom. The maximum atomic E-state index is 11.0. The fourth-order valence-corrected chi connectivity index (χ4v) is 2.26. The molecule has 0 fully saturated rings. The van der Waals surface area contributed by atoms with Crippen molar-refractivity contribution >= 4 is 53.9 Å². The predicted octanol–water partition coefficient (Wildman–Crippen LogP) is -1.08. The zero-order chi connectivity index (χ0) is 10.1. The van der Waals surface area contributed by atoms with Gasteiger partial charge in [-0.25, -0.2) is 16.8 Å². The van der Waals surface area contributed by atoms with Crippen molar-refractivity contribution in [2.75, 3.05) is 5.73 Å². The van der Waals surface area contributed by atoms with Crippen molar-refractivity contribution < 1.29 is 16.8 Å². The van der Waals surface area contributed by atoms with Gasteiger partial charge in [-0.15, -0.1) is 0 Å². The zero-order valence-corrected chi connectivity index (χ0v) is 8.09. The molecule has 0 aliphatic carbocycles. The van der Waals surface area contributed by atoms with Gasteiger partial charge < -0.3 is 5.73 Å². The summed E-state index contributed by atoms with van der Waals surface area (Å²) in [6, 6.07) is 4.95. The molecule has 74 valence electrons. The Morgan fingerprint density at radius 3 is 1.86 bits per heavy atom. The monoisotopic (exact) mass is 245 g/mol. The Bertz CT molecular complexity index is 469. The Hall–Kier alpha value is -0.0800. The first-order valence-electron chi connectivity index (χ1n) is 3.20. The molecule has 0 unspecified atom stereocenters. The first-order chi connectivity index (χ1) is 5.94. The van der Waals surface area contributed by atoms with Crippen molar-refractivity contribution in [1.82, 2.24) is 0 Å². The molecular weight excluding hydrogens is 237 g/mol. The van der Waals surface area contributed by atoms with E-state index >= 15 is 0 Å². The van der Waals surface area contributed by atoms with Gasteiger partial charge in [0.25, 0.3) is 8.87 Å². The van der Waals surface area contributed by atoms with Gasteiger partial charge in [0.15, 0.2) is 0 Å². The standard InChI is InChI=1S/C6H7NO4S2.Na.H/c7-5-1-3-6(4-2-5)13(10,11)12(8)9;;/h1-4,12H,7H2;;. The fourth-order valence-electron chi connectivity index (χ4n) is 0.726. The van der Waals surface area contributed by atoms with Gasteiger partial charge in [0.2, 0.25) is 9.74 Å². The van der Waals surface area contributed by atoms with Crippen LogP contribution in [-0.4, -0.2) is 46.4 Å². The molecule has 0 aliphatic heterocycles. The average Bonchev–Trinajstić information content (AvgIpc) is 2.04. The Labute approximate surface area is 105 Å². The number of hydrogen-bond donors (Lipinski definition) is 2. The van der Waals surface area contributed by atoms with Crippen molar-refractivity contribution in [1.29, 1.82) is 0 Å². The van der Waals surface area contributed by atoms with Gasteiger partial charge >= 0.3 is 29.6 Å². The fraction of sp³-hybridized carbons (Fsp3) is 0. The summed E-state index contributed by atoms with van der Waals surface area (Å²) in [5.41, 5.74) is 5.68. The second-order valence-corrected chi connectivity index (χ2v) is 6.47. The number of nitrogen functional groups attached to an aromatic ring is 1. The molecule has 0 spiro atoms. The third-order valence-electron chi connectivity index (χ3n) is 1.37. The van der Waals surface area contributed by atoms with E-state index in [-0.39, 0.29) is 34.5 Å². The summed E-state index contributed by atoms with van der Waals surface area (Å²) < 4.78 is 42.7. The molecule has 5 nitrogen and oxygen atoms in total. The molecule has 0 aliphatic rings. The van der Waals surface area contributed by atoms with Crippen LogP contribution in [0.25, 0.3) is 0 Å². The van der Waals surface area contributed by atoms with Crippen molar-refractivity contribution in [3.63, 3.8) is 0 Å². The van der Waals surface area contributed by atoms with Crippen LogP contribution in [0.5, 0.6) is 0 Å². The Balaban J connectivity index is 0.00000169. The third-order valence-corrected chi connectivity index (χ3v) is 4.44. The Morgan fingerprint density at radius 2 is 1.50 bits per heavy atom. The summed E-state index contributed by atoms with van der Waals surface area (Å²) in [7, 11) is -7.69. The van der Waals surface area contributed by atoms with Crippen molar-refractivity contribution in [2.45, 2.75) is 4.90 Å². The summed E-state index contributed by atoms with van der Waals surface area (Å²) in [4.78, 5) is -0.266. The SMILES string of the molecule is Nc1ccc(S(=O)(=O)[SH](=O)=O)cc1.[NaH]. The molecule has 0 saturated heterocycles. The molecule has 0 aromatic heterocycles. The number of nitrogens with two attached hydrogens (primary N) is 1. The van der Waals surface area contributed by atoms with Crippen LogP contribution in [-0.2, 0) is 18.6 Å². The van der Waals surface area contributed by atoms with E-state index in [1.165, 1.54) is 12.1 Å². The first-order valence-corrected chi connectivity index (χ1v) is 6.46. The van der Waals surface area contributed by atoms with Crippen LogP contribution in [0, 0.1) is 0 Å². The van der Waals surface area contributed by atoms with Crippen LogP contribution in [0.15, 0.2) is 29.2 Å². The molecule has 0 radical (unpaired) electrons. The molecule has 0 amide bonds. The number of benzene rings is 1. The van der Waals surface area contributed by atoms with Gasteiger partial charge in [-0.3, -0.25) is 0 Å². The van der Waals surface area contributed by atoms with E-state index in [2.05, 4.69) is 0 Å². The van der Waals surface area contributed by atoms with Crippen LogP contribution >= 0.6 is 0 Å². The van der Waals surface area contributed by atoms with Crippen LogP contribution < -0.4 is 5.73 Å². The van der Waals surface area contributed by atoms with Gasteiger partial charge in [-0.05, 0) is 24.3 Å². The summed E-state index contributed by atoms with van der Waals surface area (Å²) in [5.74, 6) is 0. The molecule has 14 heavy (non-hydrogen) atoms. The van der Waals surface area contributed by atoms with E-state index in [0.717, 1.165) is 12.1 Å². The number of hydrogen-bond acceptors (Lipinski definition) is 5. The van der Waals surface area contributed by atoms with Gasteiger partial charge in [-0.1, -0.05) is 0 Å². The van der Waals surface area contributed by atoms with E-state index in [1.54, 1.807) is 0 Å². The molecule has 1 aromatic rings. The van der Waals surface area contributed by atoms with Crippen LogP contribution in [0.3, 0.4) is 0 Å². The summed E-state index contributed by atoms with van der Waals surface area (Å²) in [6.07, 6.45) is 0. The maximum absolute atomic E-state index is 11.0. The summed E-state index contributed by atoms with van der Waals surface area (Å²) in [5, 5.41) is 0. The zero-order valence-electron chi connectivity index (χ0n) is 6.38. The molecule has 0 bridgehead atoms. The van der Waals surface area contributed by atoms with Gasteiger partial charge in [0.05, 0.1) is 4.90 Å². The van der Waals surface area contributed by atoms with E-state index in [1.807, 2.05) is 0 Å². The van der Waals surface area contributed by atoms with E-state index in [4.69, 9.17) is 5.73 Å². The Kier molecular flexibility index (Phi) is 5.10. The number of rotatable bonds is 2. The van der Waals surface area contributed by atoms with Crippen molar-refractivity contribution in [2.24, 2.45) is 0 Å². The molecule has 2 N–H and O–H groups in total.